The van der Waals surface area contributed by atoms with Gasteiger partial charge in [0.25, 0.3) is 0 Å². The molecular weight excluding hydrogens is 151 g/mol. The van der Waals surface area contributed by atoms with Gasteiger partial charge in [-0.15, -0.1) is 0 Å². The standard InChI is InChI=1S/C9H9BO2/c10-8-3-1-2-7(6-8)4-5-9(11)12/h1-6H,10H2,(H,11,12). The van der Waals surface area contributed by atoms with Gasteiger partial charge in [-0.05, 0) is 11.6 Å². The number of hydrogen-bond acceptors (Lipinski definition) is 1. The lowest BCUT2D eigenvalue weighted by atomic mass is 9.94. The first-order valence-corrected chi connectivity index (χ1v) is 3.66. The summed E-state index contributed by atoms with van der Waals surface area (Å²) in [4.78, 5) is 10.2. The van der Waals surface area contributed by atoms with E-state index in [2.05, 4.69) is 0 Å². The Hall–Kier alpha value is -1.51. The SMILES string of the molecule is Bc1cccc(C=CC(=O)O)c1. The van der Waals surface area contributed by atoms with Gasteiger partial charge in [-0.25, -0.2) is 4.79 Å². The Kier molecular flexibility index (Phi) is 2.69. The second-order valence-electron chi connectivity index (χ2n) is 2.59. The lowest BCUT2D eigenvalue weighted by Gasteiger charge is -1.93. The quantitative estimate of drug-likeness (QED) is 0.490. The van der Waals surface area contributed by atoms with E-state index in [9.17, 15) is 4.79 Å². The van der Waals surface area contributed by atoms with E-state index in [1.807, 2.05) is 32.1 Å². The first-order valence-electron chi connectivity index (χ1n) is 3.66. The van der Waals surface area contributed by atoms with Crippen LogP contribution in [0.4, 0.5) is 0 Å². The Labute approximate surface area is 71.9 Å². The van der Waals surface area contributed by atoms with E-state index in [1.54, 1.807) is 6.08 Å². The van der Waals surface area contributed by atoms with Crippen molar-refractivity contribution in [2.75, 3.05) is 0 Å². The van der Waals surface area contributed by atoms with Gasteiger partial charge in [-0.3, -0.25) is 0 Å². The summed E-state index contributed by atoms with van der Waals surface area (Å²) in [5, 5.41) is 8.36. The van der Waals surface area contributed by atoms with Crippen LogP contribution in [0.3, 0.4) is 0 Å². The molecule has 0 amide bonds. The molecule has 1 rings (SSSR count). The molecule has 1 N–H and O–H groups in total. The van der Waals surface area contributed by atoms with Gasteiger partial charge >= 0.3 is 5.97 Å². The number of carboxylic acid groups (broad SMARTS) is 1. The summed E-state index contributed by atoms with van der Waals surface area (Å²) in [5.74, 6) is -0.920. The van der Waals surface area contributed by atoms with Crippen LogP contribution >= 0.6 is 0 Å². The van der Waals surface area contributed by atoms with E-state index >= 15 is 0 Å². The van der Waals surface area contributed by atoms with Crippen LogP contribution in [-0.2, 0) is 4.79 Å². The number of carbonyl (C=O) groups is 1. The van der Waals surface area contributed by atoms with Crippen LogP contribution < -0.4 is 5.46 Å². The highest BCUT2D eigenvalue weighted by atomic mass is 16.4. The molecule has 0 saturated carbocycles. The molecule has 1 aromatic carbocycles. The van der Waals surface area contributed by atoms with Gasteiger partial charge in [-0.1, -0.05) is 29.7 Å². The number of aliphatic carboxylic acids is 1. The molecule has 0 aliphatic heterocycles. The summed E-state index contributed by atoms with van der Waals surface area (Å²) in [6, 6.07) is 7.67. The summed E-state index contributed by atoms with van der Waals surface area (Å²) in [7, 11) is 1.97. The molecule has 0 aliphatic rings. The van der Waals surface area contributed by atoms with Gasteiger partial charge in [-0.2, -0.15) is 0 Å². The minimum absolute atomic E-state index is 0.914. The largest absolute Gasteiger partial charge is 0.478 e. The minimum atomic E-state index is -0.920. The summed E-state index contributed by atoms with van der Waals surface area (Å²) < 4.78 is 0. The summed E-state index contributed by atoms with van der Waals surface area (Å²) in [5.41, 5.74) is 2.04. The van der Waals surface area contributed by atoms with Crippen molar-refractivity contribution in [3.05, 3.63) is 35.9 Å². The molecule has 0 fully saturated rings. The maximum atomic E-state index is 10.2. The van der Waals surface area contributed by atoms with Crippen molar-refractivity contribution in [2.45, 2.75) is 0 Å². The van der Waals surface area contributed by atoms with Crippen LogP contribution in [0.25, 0.3) is 6.08 Å². The van der Waals surface area contributed by atoms with Gasteiger partial charge < -0.3 is 5.11 Å². The highest BCUT2D eigenvalue weighted by molar-refractivity contribution is 6.32. The minimum Gasteiger partial charge on any atom is -0.478 e. The Morgan fingerprint density at radius 1 is 1.50 bits per heavy atom. The van der Waals surface area contributed by atoms with Crippen molar-refractivity contribution < 1.29 is 9.90 Å². The predicted octanol–water partition coefficient (Wildman–Crippen LogP) is 0.0428. The predicted molar refractivity (Wildman–Crippen MR) is 51.3 cm³/mol. The molecule has 0 spiro atoms. The Morgan fingerprint density at radius 2 is 2.25 bits per heavy atom. The molecule has 3 heteroatoms. The topological polar surface area (TPSA) is 37.3 Å². The van der Waals surface area contributed by atoms with Crippen molar-refractivity contribution in [3.63, 3.8) is 0 Å². The fraction of sp³-hybridized carbons (Fsp3) is 0. The fourth-order valence-corrected chi connectivity index (χ4v) is 0.941. The highest BCUT2D eigenvalue weighted by Gasteiger charge is 1.89. The Balaban J connectivity index is 2.83. The van der Waals surface area contributed by atoms with Crippen LogP contribution in [0.2, 0.25) is 0 Å². The molecule has 0 unspecified atom stereocenters. The zero-order valence-electron chi connectivity index (χ0n) is 6.82. The molecule has 60 valence electrons. The summed E-state index contributed by atoms with van der Waals surface area (Å²) in [6.45, 7) is 0. The van der Waals surface area contributed by atoms with E-state index in [4.69, 9.17) is 5.11 Å². The molecule has 0 bridgehead atoms. The average Bonchev–Trinajstić information content (AvgIpc) is 2.01. The van der Waals surface area contributed by atoms with Crippen molar-refractivity contribution in [1.82, 2.24) is 0 Å². The molecular formula is C9H9BO2. The Morgan fingerprint density at radius 3 is 2.83 bits per heavy atom. The van der Waals surface area contributed by atoms with Crippen LogP contribution in [-0.4, -0.2) is 18.9 Å². The van der Waals surface area contributed by atoms with Crippen molar-refractivity contribution in [3.8, 4) is 0 Å². The van der Waals surface area contributed by atoms with Gasteiger partial charge in [0.05, 0.1) is 0 Å². The zero-order chi connectivity index (χ0) is 8.97. The maximum absolute atomic E-state index is 10.2. The van der Waals surface area contributed by atoms with Crippen LogP contribution in [0.1, 0.15) is 5.56 Å². The Bertz CT molecular complexity index is 318. The van der Waals surface area contributed by atoms with E-state index in [0.717, 1.165) is 17.1 Å². The van der Waals surface area contributed by atoms with Crippen molar-refractivity contribution >= 4 is 25.4 Å². The second kappa shape index (κ2) is 3.76. The van der Waals surface area contributed by atoms with Gasteiger partial charge in [0.1, 0.15) is 7.85 Å². The van der Waals surface area contributed by atoms with E-state index in [1.165, 1.54) is 0 Å². The van der Waals surface area contributed by atoms with Crippen molar-refractivity contribution in [2.24, 2.45) is 0 Å². The zero-order valence-corrected chi connectivity index (χ0v) is 6.82. The number of benzene rings is 1. The molecule has 0 saturated heterocycles. The maximum Gasteiger partial charge on any atom is 0.328 e. The average molecular weight is 160 g/mol. The van der Waals surface area contributed by atoms with E-state index in [-0.39, 0.29) is 0 Å². The third-order valence-corrected chi connectivity index (χ3v) is 1.46. The van der Waals surface area contributed by atoms with Crippen LogP contribution in [0.5, 0.6) is 0 Å². The molecule has 0 aromatic heterocycles. The monoisotopic (exact) mass is 160 g/mol. The molecule has 0 heterocycles. The van der Waals surface area contributed by atoms with Gasteiger partial charge in [0, 0.05) is 6.08 Å². The van der Waals surface area contributed by atoms with Gasteiger partial charge in [0.15, 0.2) is 0 Å². The summed E-state index contributed by atoms with van der Waals surface area (Å²) in [6.07, 6.45) is 2.71. The lowest BCUT2D eigenvalue weighted by Crippen LogP contribution is -2.00. The highest BCUT2D eigenvalue weighted by Crippen LogP contribution is 1.98. The van der Waals surface area contributed by atoms with E-state index in [0.29, 0.717) is 0 Å². The van der Waals surface area contributed by atoms with Crippen LogP contribution in [0, 0.1) is 0 Å². The third-order valence-electron chi connectivity index (χ3n) is 1.46. The fourth-order valence-electron chi connectivity index (χ4n) is 0.941. The molecule has 0 aliphatic carbocycles. The normalized spacial score (nSPS) is 10.3. The number of hydrogen-bond donors (Lipinski definition) is 1. The number of rotatable bonds is 2. The molecule has 0 atom stereocenters. The third kappa shape index (κ3) is 2.62. The summed E-state index contributed by atoms with van der Waals surface area (Å²) >= 11 is 0. The van der Waals surface area contributed by atoms with E-state index < -0.39 is 5.97 Å². The number of carboxylic acids is 1. The lowest BCUT2D eigenvalue weighted by molar-refractivity contribution is -0.131. The molecule has 0 radical (unpaired) electrons. The molecule has 2 nitrogen and oxygen atoms in total. The first-order chi connectivity index (χ1) is 5.68. The first kappa shape index (κ1) is 8.59. The molecule has 12 heavy (non-hydrogen) atoms. The smallest absolute Gasteiger partial charge is 0.328 e. The second-order valence-corrected chi connectivity index (χ2v) is 2.59. The van der Waals surface area contributed by atoms with Crippen molar-refractivity contribution in [1.29, 1.82) is 0 Å². The van der Waals surface area contributed by atoms with Gasteiger partial charge in [0.2, 0.25) is 0 Å². The van der Waals surface area contributed by atoms with Crippen LogP contribution in [0.15, 0.2) is 30.3 Å². The molecule has 1 aromatic rings.